The predicted octanol–water partition coefficient (Wildman–Crippen LogP) is 7.49. The molecule has 11 nitrogen and oxygen atoms in total. The number of carbonyl (C=O) groups excluding carboxylic acids is 2. The molecule has 0 spiro atoms. The molecule has 0 amide bonds. The van der Waals surface area contributed by atoms with Crippen LogP contribution in [0.3, 0.4) is 0 Å². The molecular weight excluding hydrogens is 656 g/mol. The number of methoxy groups -OCH3 is 2. The van der Waals surface area contributed by atoms with Gasteiger partial charge in [-0.15, -0.1) is 0 Å². The summed E-state index contributed by atoms with van der Waals surface area (Å²) < 4.78 is 52.1. The van der Waals surface area contributed by atoms with Crippen LogP contribution in [0.15, 0.2) is 48.5 Å². The van der Waals surface area contributed by atoms with E-state index in [1.165, 1.54) is 0 Å². The van der Waals surface area contributed by atoms with Crippen molar-refractivity contribution in [3.8, 4) is 0 Å². The smallest absolute Gasteiger partial charge is 0.434 e. The molecule has 11 heteroatoms. The lowest BCUT2D eigenvalue weighted by Gasteiger charge is -2.28. The molecule has 0 aromatic heterocycles. The van der Waals surface area contributed by atoms with Gasteiger partial charge in [0.05, 0.1) is 36.6 Å². The van der Waals surface area contributed by atoms with E-state index in [4.69, 9.17) is 42.6 Å². The third-order valence-electron chi connectivity index (χ3n) is 10.7. The van der Waals surface area contributed by atoms with Crippen molar-refractivity contribution in [1.82, 2.24) is 0 Å². The van der Waals surface area contributed by atoms with E-state index < -0.39 is 24.9 Å². The van der Waals surface area contributed by atoms with Crippen molar-refractivity contribution in [1.29, 1.82) is 0 Å². The zero-order chi connectivity index (χ0) is 36.1. The lowest BCUT2D eigenvalue weighted by molar-refractivity contribution is -0.237. The number of ether oxygens (including phenoxy) is 9. The van der Waals surface area contributed by atoms with Gasteiger partial charge in [-0.1, -0.05) is 48.5 Å². The van der Waals surface area contributed by atoms with Crippen molar-refractivity contribution in [3.05, 3.63) is 70.8 Å². The summed E-state index contributed by atoms with van der Waals surface area (Å²) in [6, 6.07) is 16.5. The summed E-state index contributed by atoms with van der Waals surface area (Å²) in [5.41, 5.74) is 4.02. The van der Waals surface area contributed by atoms with Crippen molar-refractivity contribution in [2.45, 2.75) is 115 Å². The van der Waals surface area contributed by atoms with Crippen LogP contribution in [0.2, 0.25) is 0 Å². The Morgan fingerprint density at radius 3 is 1.39 bits per heavy atom. The zero-order valence-corrected chi connectivity index (χ0v) is 30.7. The highest BCUT2D eigenvalue weighted by Crippen LogP contribution is 2.46. The van der Waals surface area contributed by atoms with Crippen LogP contribution < -0.4 is 0 Å². The first-order valence-electron chi connectivity index (χ1n) is 18.5. The maximum atomic E-state index is 12.1. The largest absolute Gasteiger partial charge is 0.508 e. The van der Waals surface area contributed by atoms with E-state index >= 15 is 0 Å². The van der Waals surface area contributed by atoms with Gasteiger partial charge in [-0.2, -0.15) is 0 Å². The summed E-state index contributed by atoms with van der Waals surface area (Å²) >= 11 is 0. The zero-order valence-electron chi connectivity index (χ0n) is 30.7. The summed E-state index contributed by atoms with van der Waals surface area (Å²) in [7, 11) is 3.25. The second kappa shape index (κ2) is 17.1. The van der Waals surface area contributed by atoms with Crippen LogP contribution >= 0.6 is 0 Å². The third-order valence-corrected chi connectivity index (χ3v) is 10.7. The first-order valence-corrected chi connectivity index (χ1v) is 18.5. The minimum atomic E-state index is -0.675. The fourth-order valence-corrected chi connectivity index (χ4v) is 8.48. The first kappa shape index (κ1) is 37.5. The number of hydrogen-bond donors (Lipinski definition) is 0. The third kappa shape index (κ3) is 9.24. The Morgan fingerprint density at radius 2 is 1.02 bits per heavy atom. The lowest BCUT2D eigenvalue weighted by atomic mass is 9.76. The average molecular weight is 711 g/mol. The SMILES string of the molecule is CO[C@H](O[C@@H](OC)c1cccc(C[C@@H]2C3CC[C@@H](O3)[C@@H]2COC(=O)OC(C)C)c1)c1cccc(C[C@@H]2C3CC[C@@H](O3)[C@@H]2COC(=O)OC(C)C)c1. The Balaban J connectivity index is 1.09. The van der Waals surface area contributed by atoms with E-state index in [2.05, 4.69) is 24.3 Å². The molecule has 6 rings (SSSR count). The molecule has 51 heavy (non-hydrogen) atoms. The molecule has 0 N–H and O–H groups in total. The maximum absolute atomic E-state index is 12.1. The van der Waals surface area contributed by atoms with Crippen molar-refractivity contribution in [2.75, 3.05) is 27.4 Å². The number of fused-ring (bicyclic) bond motifs is 4. The molecule has 0 aliphatic carbocycles. The van der Waals surface area contributed by atoms with Crippen LogP contribution in [0.1, 0.15) is 88.2 Å². The average Bonchev–Trinajstić information content (AvgIpc) is 3.90. The van der Waals surface area contributed by atoms with Crippen LogP contribution in [0.25, 0.3) is 0 Å². The van der Waals surface area contributed by atoms with Gasteiger partial charge in [0.25, 0.3) is 0 Å². The number of benzene rings is 2. The predicted molar refractivity (Wildman–Crippen MR) is 186 cm³/mol. The normalized spacial score (nSPS) is 29.0. The number of carbonyl (C=O) groups is 2. The molecule has 4 aliphatic heterocycles. The summed E-state index contributed by atoms with van der Waals surface area (Å²) in [5, 5.41) is 0. The highest BCUT2D eigenvalue weighted by atomic mass is 16.8. The van der Waals surface area contributed by atoms with Crippen LogP contribution in [0.4, 0.5) is 9.59 Å². The quantitative estimate of drug-likeness (QED) is 0.127. The second-order valence-electron chi connectivity index (χ2n) is 14.9. The summed E-state index contributed by atoms with van der Waals surface area (Å²) in [4.78, 5) is 24.2. The number of rotatable bonds is 16. The summed E-state index contributed by atoms with van der Waals surface area (Å²) in [6.07, 6.45) is 2.94. The van der Waals surface area contributed by atoms with E-state index in [0.29, 0.717) is 0 Å². The molecule has 0 radical (unpaired) electrons. The van der Waals surface area contributed by atoms with Crippen molar-refractivity contribution < 1.29 is 52.2 Å². The van der Waals surface area contributed by atoms with Crippen molar-refractivity contribution >= 4 is 12.3 Å². The summed E-state index contributed by atoms with van der Waals surface area (Å²) in [6.45, 7) is 7.79. The summed E-state index contributed by atoms with van der Waals surface area (Å²) in [5.74, 6) is 0.675. The lowest BCUT2D eigenvalue weighted by Crippen LogP contribution is -2.33. The van der Waals surface area contributed by atoms with E-state index in [9.17, 15) is 9.59 Å². The second-order valence-corrected chi connectivity index (χ2v) is 14.9. The molecule has 280 valence electrons. The molecule has 2 unspecified atom stereocenters. The van der Waals surface area contributed by atoms with Crippen LogP contribution in [-0.4, -0.2) is 76.4 Å². The molecule has 2 aromatic carbocycles. The van der Waals surface area contributed by atoms with E-state index in [-0.39, 0.29) is 73.5 Å². The molecule has 10 atom stereocenters. The Hall–Kier alpha value is -3.22. The van der Waals surface area contributed by atoms with Gasteiger partial charge in [-0.25, -0.2) is 9.59 Å². The van der Waals surface area contributed by atoms with Gasteiger partial charge in [0, 0.05) is 37.2 Å². The van der Waals surface area contributed by atoms with Crippen molar-refractivity contribution in [3.63, 3.8) is 0 Å². The maximum Gasteiger partial charge on any atom is 0.508 e. The fourth-order valence-electron chi connectivity index (χ4n) is 8.48. The highest BCUT2D eigenvalue weighted by molar-refractivity contribution is 5.60. The van der Waals surface area contributed by atoms with Gasteiger partial charge < -0.3 is 42.6 Å². The Morgan fingerprint density at radius 1 is 0.627 bits per heavy atom. The van der Waals surface area contributed by atoms with E-state index in [0.717, 1.165) is 60.8 Å². The first-order chi connectivity index (χ1) is 24.6. The van der Waals surface area contributed by atoms with Crippen LogP contribution in [0.5, 0.6) is 0 Å². The highest BCUT2D eigenvalue weighted by Gasteiger charge is 2.50. The number of hydrogen-bond acceptors (Lipinski definition) is 11. The minimum Gasteiger partial charge on any atom is -0.434 e. The standard InChI is InChI=1S/C40H54O11/c1-23(2)47-39(41)45-21-31-29(33-13-15-35(31)49-33)19-25-9-7-11-27(17-25)37(43-5)51-38(44-6)28-12-8-10-26(18-28)20-30-32(36-16-14-34(30)50-36)22-46-40(42)48-24(3)4/h7-12,17-18,23-24,29-38H,13-16,19-22H2,1-6H3/t29-,30-,31+,32+,33?,34?,35+,36+,37+,38+/m0/s1. The van der Waals surface area contributed by atoms with Gasteiger partial charge in [-0.05, 0) is 89.2 Å². The van der Waals surface area contributed by atoms with Gasteiger partial charge in [0.1, 0.15) is 13.2 Å². The molecule has 4 fully saturated rings. The topological polar surface area (TPSA) is 117 Å². The Bertz CT molecular complexity index is 1350. The Labute approximate surface area is 301 Å². The molecule has 2 aromatic rings. The molecule has 0 saturated carbocycles. The molecule has 4 bridgehead atoms. The van der Waals surface area contributed by atoms with Crippen molar-refractivity contribution in [2.24, 2.45) is 23.7 Å². The van der Waals surface area contributed by atoms with Crippen LogP contribution in [0, 0.1) is 23.7 Å². The van der Waals surface area contributed by atoms with Crippen LogP contribution in [-0.2, 0) is 55.5 Å². The van der Waals surface area contributed by atoms with E-state index in [1.807, 2.05) is 24.3 Å². The Kier molecular flexibility index (Phi) is 12.6. The fraction of sp³-hybridized carbons (Fsp3) is 0.650. The van der Waals surface area contributed by atoms with Gasteiger partial charge in [-0.3, -0.25) is 0 Å². The monoisotopic (exact) mass is 710 g/mol. The molecule has 4 saturated heterocycles. The molecule has 4 heterocycles. The minimum absolute atomic E-state index is 0.0902. The van der Waals surface area contributed by atoms with Gasteiger partial charge >= 0.3 is 12.3 Å². The molecule has 4 aliphatic rings. The molecular formula is C40H54O11. The van der Waals surface area contributed by atoms with Gasteiger partial charge in [0.2, 0.25) is 0 Å². The van der Waals surface area contributed by atoms with Gasteiger partial charge in [0.15, 0.2) is 12.6 Å². The van der Waals surface area contributed by atoms with E-state index in [1.54, 1.807) is 41.9 Å².